The first-order valence-electron chi connectivity index (χ1n) is 11.7. The van der Waals surface area contributed by atoms with E-state index in [9.17, 15) is 0 Å². The summed E-state index contributed by atoms with van der Waals surface area (Å²) in [5.74, 6) is 1.22. The van der Waals surface area contributed by atoms with Crippen LogP contribution in [0.5, 0.6) is 0 Å². The second-order valence-electron chi connectivity index (χ2n) is 8.80. The third-order valence-corrected chi connectivity index (χ3v) is 6.76. The number of aromatic nitrogens is 2. The van der Waals surface area contributed by atoms with E-state index in [0.717, 1.165) is 56.5 Å². The first-order valence-corrected chi connectivity index (χ1v) is 11.7. The van der Waals surface area contributed by atoms with E-state index in [-0.39, 0.29) is 5.92 Å². The monoisotopic (exact) mass is 438 g/mol. The second-order valence-corrected chi connectivity index (χ2v) is 8.80. The predicted molar refractivity (Wildman–Crippen MR) is 139 cm³/mol. The molecule has 0 radical (unpaired) electrons. The fraction of sp³-hybridized carbons (Fsp3) is 0.0645. The van der Waals surface area contributed by atoms with Crippen LogP contribution in [0.3, 0.4) is 0 Å². The quantitative estimate of drug-likeness (QED) is 0.280. The topological polar surface area (TPSA) is 31.0 Å². The van der Waals surface area contributed by atoms with Crippen molar-refractivity contribution in [1.82, 2.24) is 9.55 Å². The molecule has 2 heterocycles. The van der Waals surface area contributed by atoms with E-state index in [4.69, 9.17) is 9.40 Å². The molecule has 7 rings (SSSR count). The number of benzene rings is 4. The lowest BCUT2D eigenvalue weighted by Crippen LogP contribution is -2.09. The number of hydrogen-bond donors (Lipinski definition) is 0. The van der Waals surface area contributed by atoms with Crippen LogP contribution in [-0.4, -0.2) is 9.55 Å². The van der Waals surface area contributed by atoms with Gasteiger partial charge in [-0.1, -0.05) is 85.0 Å². The van der Waals surface area contributed by atoms with Crippen molar-refractivity contribution >= 4 is 38.5 Å². The van der Waals surface area contributed by atoms with Gasteiger partial charge >= 0.3 is 0 Å². The molecule has 2 aromatic heterocycles. The first kappa shape index (κ1) is 19.1. The maximum absolute atomic E-state index is 6.33. The highest BCUT2D eigenvalue weighted by molar-refractivity contribution is 6.08. The highest BCUT2D eigenvalue weighted by Crippen LogP contribution is 2.40. The minimum absolute atomic E-state index is 0.159. The molecule has 162 valence electrons. The third-order valence-electron chi connectivity index (χ3n) is 6.76. The average Bonchev–Trinajstić information content (AvgIpc) is 3.48. The fourth-order valence-electron chi connectivity index (χ4n) is 5.20. The Morgan fingerprint density at radius 3 is 2.50 bits per heavy atom. The zero-order chi connectivity index (χ0) is 22.5. The van der Waals surface area contributed by atoms with Gasteiger partial charge in [0.2, 0.25) is 0 Å². The van der Waals surface area contributed by atoms with Crippen molar-refractivity contribution in [3.8, 4) is 5.69 Å². The Labute approximate surface area is 197 Å². The van der Waals surface area contributed by atoms with Gasteiger partial charge in [0.1, 0.15) is 17.0 Å². The van der Waals surface area contributed by atoms with Gasteiger partial charge < -0.3 is 4.42 Å². The molecule has 0 saturated heterocycles. The van der Waals surface area contributed by atoms with Crippen molar-refractivity contribution < 1.29 is 4.42 Å². The lowest BCUT2D eigenvalue weighted by atomic mass is 9.88. The van der Waals surface area contributed by atoms with Crippen LogP contribution in [0.2, 0.25) is 0 Å². The lowest BCUT2D eigenvalue weighted by Gasteiger charge is -2.20. The van der Waals surface area contributed by atoms with Gasteiger partial charge in [0, 0.05) is 27.9 Å². The van der Waals surface area contributed by atoms with Crippen molar-refractivity contribution in [3.05, 3.63) is 127 Å². The van der Waals surface area contributed by atoms with E-state index in [0.29, 0.717) is 0 Å². The molecule has 1 aliphatic carbocycles. The van der Waals surface area contributed by atoms with Crippen LogP contribution in [0.25, 0.3) is 44.2 Å². The number of nitrogens with zero attached hydrogens (tertiary/aromatic N) is 2. The van der Waals surface area contributed by atoms with Gasteiger partial charge in [-0.3, -0.25) is 4.57 Å². The molecule has 0 saturated carbocycles. The van der Waals surface area contributed by atoms with Crippen molar-refractivity contribution in [1.29, 1.82) is 0 Å². The zero-order valence-corrected chi connectivity index (χ0v) is 18.6. The van der Waals surface area contributed by atoms with E-state index < -0.39 is 0 Å². The number of para-hydroxylation sites is 5. The van der Waals surface area contributed by atoms with Gasteiger partial charge in [0.15, 0.2) is 0 Å². The van der Waals surface area contributed by atoms with Crippen LogP contribution in [0.15, 0.2) is 120 Å². The number of hydrogen-bond acceptors (Lipinski definition) is 2. The predicted octanol–water partition coefficient (Wildman–Crippen LogP) is 8.05. The van der Waals surface area contributed by atoms with Gasteiger partial charge in [-0.15, -0.1) is 0 Å². The summed E-state index contributed by atoms with van der Waals surface area (Å²) in [6, 6.07) is 33.6. The number of rotatable bonds is 3. The summed E-state index contributed by atoms with van der Waals surface area (Å²) in [5, 5.41) is 2.32. The molecule has 0 amide bonds. The lowest BCUT2D eigenvalue weighted by molar-refractivity contribution is 0.666. The van der Waals surface area contributed by atoms with E-state index in [1.165, 1.54) is 5.57 Å². The minimum Gasteiger partial charge on any atom is -0.455 e. The molecular formula is C31H22N2O. The molecule has 1 atom stereocenters. The van der Waals surface area contributed by atoms with Crippen molar-refractivity contribution in [2.24, 2.45) is 0 Å². The summed E-state index contributed by atoms with van der Waals surface area (Å²) in [5.41, 5.74) is 7.60. The van der Waals surface area contributed by atoms with Crippen LogP contribution in [-0.2, 0) is 0 Å². The Morgan fingerprint density at radius 1 is 0.765 bits per heavy atom. The zero-order valence-electron chi connectivity index (χ0n) is 18.6. The number of allylic oxidation sites excluding steroid dienone is 4. The molecule has 1 unspecified atom stereocenters. The van der Waals surface area contributed by atoms with Gasteiger partial charge in [-0.2, -0.15) is 0 Å². The highest BCUT2D eigenvalue weighted by atomic mass is 16.3. The molecule has 0 fully saturated rings. The van der Waals surface area contributed by atoms with Crippen LogP contribution < -0.4 is 0 Å². The van der Waals surface area contributed by atoms with Crippen LogP contribution >= 0.6 is 0 Å². The minimum atomic E-state index is 0.159. The molecule has 0 aliphatic heterocycles. The van der Waals surface area contributed by atoms with E-state index >= 15 is 0 Å². The Hall–Kier alpha value is -4.37. The molecule has 6 aromatic rings. The Morgan fingerprint density at radius 2 is 1.56 bits per heavy atom. The van der Waals surface area contributed by atoms with Gasteiger partial charge in [0.25, 0.3) is 0 Å². The fourth-order valence-corrected chi connectivity index (χ4v) is 5.20. The number of furan rings is 1. The van der Waals surface area contributed by atoms with Crippen LogP contribution in [0, 0.1) is 0 Å². The SMILES string of the molecule is C1=CC(c2nc3ccccc3n2-c2ccccc2)CC(c2cccc3c2oc2ccccc23)=C1. The number of fused-ring (bicyclic) bond motifs is 4. The Balaban J connectivity index is 1.35. The summed E-state index contributed by atoms with van der Waals surface area (Å²) in [7, 11) is 0. The summed E-state index contributed by atoms with van der Waals surface area (Å²) in [6.07, 6.45) is 7.51. The van der Waals surface area contributed by atoms with Gasteiger partial charge in [0.05, 0.1) is 11.0 Å². The molecule has 34 heavy (non-hydrogen) atoms. The molecular weight excluding hydrogens is 416 g/mol. The molecule has 0 spiro atoms. The van der Waals surface area contributed by atoms with Gasteiger partial charge in [-0.25, -0.2) is 4.98 Å². The molecule has 0 bridgehead atoms. The smallest absolute Gasteiger partial charge is 0.142 e. The second kappa shape index (κ2) is 7.60. The molecule has 1 aliphatic rings. The third kappa shape index (κ3) is 2.94. The maximum atomic E-state index is 6.33. The molecule has 0 N–H and O–H groups in total. The largest absolute Gasteiger partial charge is 0.455 e. The van der Waals surface area contributed by atoms with Crippen molar-refractivity contribution in [2.75, 3.05) is 0 Å². The van der Waals surface area contributed by atoms with Gasteiger partial charge in [-0.05, 0) is 42.3 Å². The Bertz CT molecular complexity index is 1730. The Kier molecular flexibility index (Phi) is 4.28. The molecule has 3 nitrogen and oxygen atoms in total. The first-order chi connectivity index (χ1) is 16.9. The van der Waals surface area contributed by atoms with E-state index in [1.807, 2.05) is 12.1 Å². The summed E-state index contributed by atoms with van der Waals surface area (Å²) >= 11 is 0. The van der Waals surface area contributed by atoms with Crippen molar-refractivity contribution in [3.63, 3.8) is 0 Å². The highest BCUT2D eigenvalue weighted by Gasteiger charge is 2.24. The molecule has 3 heteroatoms. The maximum Gasteiger partial charge on any atom is 0.142 e. The van der Waals surface area contributed by atoms with E-state index in [2.05, 4.69) is 108 Å². The summed E-state index contributed by atoms with van der Waals surface area (Å²) in [6.45, 7) is 0. The average molecular weight is 439 g/mol. The molecule has 4 aromatic carbocycles. The normalized spacial score (nSPS) is 15.9. The summed E-state index contributed by atoms with van der Waals surface area (Å²) in [4.78, 5) is 5.10. The van der Waals surface area contributed by atoms with E-state index in [1.54, 1.807) is 0 Å². The number of imidazole rings is 1. The standard InChI is InChI=1S/C31H22N2O/c1-2-12-23(13-3-1)33-28-18-6-5-17-27(28)32-31(33)22-11-8-10-21(20-22)24-15-9-16-26-25-14-4-7-19-29(25)34-30(24)26/h1-19,22H,20H2. The van der Waals surface area contributed by atoms with Crippen molar-refractivity contribution in [2.45, 2.75) is 12.3 Å². The van der Waals surface area contributed by atoms with Crippen LogP contribution in [0.1, 0.15) is 23.7 Å². The summed E-state index contributed by atoms with van der Waals surface area (Å²) < 4.78 is 8.63. The van der Waals surface area contributed by atoms with Crippen LogP contribution in [0.4, 0.5) is 0 Å².